The fourth-order valence-corrected chi connectivity index (χ4v) is 0.321. The molecule has 0 spiro atoms. The summed E-state index contributed by atoms with van der Waals surface area (Å²) in [7, 11) is 0. The normalized spacial score (nSPS) is 4.00. The van der Waals surface area contributed by atoms with Gasteiger partial charge in [-0.1, -0.05) is 0 Å². The summed E-state index contributed by atoms with van der Waals surface area (Å²) in [5, 5.41) is 0. The summed E-state index contributed by atoms with van der Waals surface area (Å²) in [5.41, 5.74) is 0. The zero-order valence-corrected chi connectivity index (χ0v) is 9.98. The van der Waals surface area contributed by atoms with Gasteiger partial charge in [-0.2, -0.15) is 18.2 Å². The molecule has 0 aliphatic carbocycles. The first kappa shape index (κ1) is 32.4. The molecule has 65 valence electrons. The summed E-state index contributed by atoms with van der Waals surface area (Å²) in [5.74, 6) is 0. The van der Waals surface area contributed by atoms with E-state index in [2.05, 4.69) is 0 Å². The summed E-state index contributed by atoms with van der Waals surface area (Å²) in [4.78, 5) is 0. The van der Waals surface area contributed by atoms with E-state index in [4.69, 9.17) is 0 Å². The van der Waals surface area contributed by atoms with Crippen molar-refractivity contribution in [3.05, 3.63) is 60.0 Å². The van der Waals surface area contributed by atoms with Crippen LogP contribution in [0.1, 0.15) is 0 Å². The number of hydrogen-bond acceptors (Lipinski definition) is 0. The summed E-state index contributed by atoms with van der Waals surface area (Å²) < 4.78 is 0. The average Bonchev–Trinajstić information content (AvgIpc) is 1.76. The van der Waals surface area contributed by atoms with Gasteiger partial charge in [0.25, 0.3) is 0 Å². The molecule has 10 heavy (non-hydrogen) atoms. The molecule has 0 atom stereocenters. The first-order chi connectivity index (χ1) is 2.50. The minimum atomic E-state index is 0. The Morgan fingerprint density at radius 1 is 0.700 bits per heavy atom. The van der Waals surface area contributed by atoms with E-state index in [0.29, 0.717) is 0 Å². The van der Waals surface area contributed by atoms with Crippen molar-refractivity contribution < 1.29 is 20.4 Å². The predicted molar refractivity (Wildman–Crippen MR) is 47.7 cm³/mol. The fourth-order valence-electron chi connectivity index (χ4n) is 0.321. The van der Waals surface area contributed by atoms with Crippen molar-refractivity contribution in [2.45, 2.75) is 0 Å². The van der Waals surface area contributed by atoms with Crippen LogP contribution in [-0.2, 0) is 20.4 Å². The summed E-state index contributed by atoms with van der Waals surface area (Å²) in [6.45, 7) is 0. The third-order valence-corrected chi connectivity index (χ3v) is 0.556. The molecule has 0 saturated carbocycles. The van der Waals surface area contributed by atoms with E-state index in [9.17, 15) is 0 Å². The summed E-state index contributed by atoms with van der Waals surface area (Å²) in [6, 6.07) is 10.0. The van der Waals surface area contributed by atoms with Crippen molar-refractivity contribution in [3.8, 4) is 0 Å². The minimum absolute atomic E-state index is 0. The molecular weight excluding hydrogens is 294 g/mol. The van der Waals surface area contributed by atoms with Crippen LogP contribution in [0.15, 0.2) is 30.3 Å². The van der Waals surface area contributed by atoms with Crippen molar-refractivity contribution in [2.24, 2.45) is 0 Å². The first-order valence-electron chi connectivity index (χ1n) is 1.67. The topological polar surface area (TPSA) is 0 Å². The largest absolute Gasteiger partial charge is 0.358 e. The molecule has 0 aliphatic rings. The summed E-state index contributed by atoms with van der Waals surface area (Å²) in [6.07, 6.45) is 0. The van der Waals surface area contributed by atoms with Gasteiger partial charge in [0.2, 0.25) is 0 Å². The van der Waals surface area contributed by atoms with Crippen LogP contribution in [0.4, 0.5) is 0 Å². The maximum Gasteiger partial charge on any atom is 0 e. The Bertz CT molecular complexity index is 61.2. The molecule has 1 aromatic carbocycles. The van der Waals surface area contributed by atoms with Crippen molar-refractivity contribution in [1.82, 2.24) is 0 Å². The average molecular weight is 311 g/mol. The zero-order valence-electron chi connectivity index (χ0n) is 7.26. The first-order valence-corrected chi connectivity index (χ1v) is 1.67. The van der Waals surface area contributed by atoms with E-state index < -0.39 is 0 Å². The SMILES string of the molecule is [CH3-].[CH3-].[CH3-].[CH3-].[Re].c1cc[cH-]c1. The minimum Gasteiger partial charge on any atom is -0.358 e. The molecule has 0 nitrogen and oxygen atoms in total. The van der Waals surface area contributed by atoms with Gasteiger partial charge in [-0.3, -0.25) is 0 Å². The van der Waals surface area contributed by atoms with Gasteiger partial charge >= 0.3 is 0 Å². The van der Waals surface area contributed by atoms with Crippen molar-refractivity contribution in [3.63, 3.8) is 0 Å². The molecule has 0 unspecified atom stereocenters. The van der Waals surface area contributed by atoms with Crippen LogP contribution in [0.25, 0.3) is 0 Å². The van der Waals surface area contributed by atoms with Crippen LogP contribution in [0.2, 0.25) is 0 Å². The molecule has 0 fully saturated rings. The molecule has 0 heterocycles. The standard InChI is InChI=1S/C5H5.4CH3.Re/c1-2-4-5-3-1;;;;;/h1-5H;4*1H3;/q5*-1;. The van der Waals surface area contributed by atoms with Crippen LogP contribution < -0.4 is 0 Å². The zero-order chi connectivity index (χ0) is 3.54. The molecule has 0 saturated heterocycles. The van der Waals surface area contributed by atoms with Crippen LogP contribution in [-0.4, -0.2) is 0 Å². The molecule has 0 aliphatic heterocycles. The van der Waals surface area contributed by atoms with Gasteiger partial charge < -0.3 is 29.7 Å². The molecule has 0 N–H and O–H groups in total. The molecule has 1 radical (unpaired) electrons. The molecule has 0 amide bonds. The van der Waals surface area contributed by atoms with E-state index >= 15 is 0 Å². The second kappa shape index (κ2) is 23.0. The summed E-state index contributed by atoms with van der Waals surface area (Å²) >= 11 is 0. The van der Waals surface area contributed by atoms with Gasteiger partial charge in [-0.25, -0.2) is 12.1 Å². The molecule has 1 heteroatoms. The second-order valence-corrected chi connectivity index (χ2v) is 0.962. The predicted octanol–water partition coefficient (Wildman–Crippen LogP) is 3.20. The van der Waals surface area contributed by atoms with Crippen molar-refractivity contribution in [1.29, 1.82) is 0 Å². The Labute approximate surface area is 80.7 Å². The maximum atomic E-state index is 2.00. The third kappa shape index (κ3) is 15.7. The smallest absolute Gasteiger partial charge is 0 e. The number of rotatable bonds is 0. The molecular formula is C9H17Re-5. The molecule has 0 bridgehead atoms. The van der Waals surface area contributed by atoms with Crippen LogP contribution in [0.3, 0.4) is 0 Å². The van der Waals surface area contributed by atoms with Crippen molar-refractivity contribution in [2.75, 3.05) is 0 Å². The Balaban J connectivity index is -0.0000000167. The Kier molecular flexibility index (Phi) is 74.5. The Morgan fingerprint density at radius 2 is 1.00 bits per heavy atom. The van der Waals surface area contributed by atoms with E-state index in [0.717, 1.165) is 0 Å². The molecule has 1 rings (SSSR count). The van der Waals surface area contributed by atoms with Gasteiger partial charge in [0.1, 0.15) is 0 Å². The van der Waals surface area contributed by atoms with Crippen LogP contribution >= 0.6 is 0 Å². The molecule has 1 aromatic rings. The van der Waals surface area contributed by atoms with E-state index in [1.807, 2.05) is 30.3 Å². The maximum absolute atomic E-state index is 2.00. The van der Waals surface area contributed by atoms with E-state index in [1.54, 1.807) is 0 Å². The van der Waals surface area contributed by atoms with Gasteiger partial charge in [0.15, 0.2) is 0 Å². The van der Waals surface area contributed by atoms with Gasteiger partial charge in [0, 0.05) is 20.4 Å². The number of hydrogen-bond donors (Lipinski definition) is 0. The Morgan fingerprint density at radius 3 is 1.10 bits per heavy atom. The van der Waals surface area contributed by atoms with Gasteiger partial charge in [-0.15, -0.1) is 0 Å². The fraction of sp³-hybridized carbons (Fsp3) is 0. The van der Waals surface area contributed by atoms with Crippen LogP contribution in [0, 0.1) is 29.7 Å². The van der Waals surface area contributed by atoms with E-state index in [1.165, 1.54) is 0 Å². The second-order valence-electron chi connectivity index (χ2n) is 0.962. The van der Waals surface area contributed by atoms with E-state index in [-0.39, 0.29) is 50.1 Å². The van der Waals surface area contributed by atoms with Gasteiger partial charge in [-0.05, 0) is 0 Å². The van der Waals surface area contributed by atoms with Crippen LogP contribution in [0.5, 0.6) is 0 Å². The quantitative estimate of drug-likeness (QED) is 0.646. The van der Waals surface area contributed by atoms with Gasteiger partial charge in [0.05, 0.1) is 0 Å². The van der Waals surface area contributed by atoms with Crippen molar-refractivity contribution >= 4 is 0 Å². The monoisotopic (exact) mass is 312 g/mol. The third-order valence-electron chi connectivity index (χ3n) is 0.556. The molecule has 0 aromatic heterocycles. The Hall–Kier alpha value is 0.0123.